The molecule has 2 aliphatic rings. The summed E-state index contributed by atoms with van der Waals surface area (Å²) in [6.45, 7) is 7.93. The molecule has 0 N–H and O–H groups in total. The fourth-order valence-electron chi connectivity index (χ4n) is 3.41. The molecule has 1 unspecified atom stereocenters. The average molecular weight is 253 g/mol. The lowest BCUT2D eigenvalue weighted by Gasteiger charge is -2.35. The van der Waals surface area contributed by atoms with Crippen molar-refractivity contribution in [2.45, 2.75) is 44.6 Å². The van der Waals surface area contributed by atoms with Gasteiger partial charge in [-0.3, -0.25) is 4.90 Å². The van der Waals surface area contributed by atoms with Crippen LogP contribution in [0.3, 0.4) is 0 Å². The Balaban J connectivity index is 1.69. The molecule has 18 heavy (non-hydrogen) atoms. The lowest BCUT2D eigenvalue weighted by molar-refractivity contribution is 0.136. The van der Waals surface area contributed by atoms with Crippen LogP contribution in [-0.2, 0) is 0 Å². The van der Waals surface area contributed by atoms with Crippen LogP contribution in [-0.4, -0.2) is 74.1 Å². The highest BCUT2D eigenvalue weighted by molar-refractivity contribution is 4.83. The van der Waals surface area contributed by atoms with E-state index in [4.69, 9.17) is 0 Å². The molecule has 0 aromatic carbocycles. The van der Waals surface area contributed by atoms with Crippen LogP contribution in [0.4, 0.5) is 0 Å². The first kappa shape index (κ1) is 14.3. The molecule has 2 heterocycles. The molecule has 0 saturated carbocycles. The summed E-state index contributed by atoms with van der Waals surface area (Å²) in [5.74, 6) is 0. The quantitative estimate of drug-likeness (QED) is 0.693. The third kappa shape index (κ3) is 4.52. The summed E-state index contributed by atoms with van der Waals surface area (Å²) in [5.41, 5.74) is 0. The zero-order chi connectivity index (χ0) is 12.8. The Kier molecular flexibility index (Phi) is 5.93. The van der Waals surface area contributed by atoms with Gasteiger partial charge in [0.2, 0.25) is 0 Å². The topological polar surface area (TPSA) is 9.72 Å². The van der Waals surface area contributed by atoms with Crippen molar-refractivity contribution in [1.82, 2.24) is 14.7 Å². The van der Waals surface area contributed by atoms with Gasteiger partial charge in [0.25, 0.3) is 0 Å². The van der Waals surface area contributed by atoms with Crippen LogP contribution in [0.25, 0.3) is 0 Å². The fraction of sp³-hybridized carbons (Fsp3) is 1.00. The Morgan fingerprint density at radius 1 is 1.00 bits per heavy atom. The Morgan fingerprint density at radius 2 is 1.83 bits per heavy atom. The highest BCUT2D eigenvalue weighted by Gasteiger charge is 2.26. The minimum atomic E-state index is 0.870. The molecule has 0 bridgehead atoms. The zero-order valence-electron chi connectivity index (χ0n) is 12.4. The van der Waals surface area contributed by atoms with Crippen LogP contribution in [0.5, 0.6) is 0 Å². The standard InChI is InChI=1S/C15H31N3/c1-16(2)9-5-6-10-17-11-7-13-18-12-4-3-8-15(18)14-17/h15H,3-14H2,1-2H3. The summed E-state index contributed by atoms with van der Waals surface area (Å²) < 4.78 is 0. The summed E-state index contributed by atoms with van der Waals surface area (Å²) in [6.07, 6.45) is 8.41. The first-order valence-electron chi connectivity index (χ1n) is 7.87. The molecule has 2 saturated heterocycles. The van der Waals surface area contributed by atoms with Gasteiger partial charge in [-0.1, -0.05) is 6.42 Å². The summed E-state index contributed by atoms with van der Waals surface area (Å²) in [7, 11) is 4.34. The lowest BCUT2D eigenvalue weighted by Crippen LogP contribution is -2.44. The van der Waals surface area contributed by atoms with Crippen molar-refractivity contribution >= 4 is 0 Å². The van der Waals surface area contributed by atoms with Gasteiger partial charge in [0.1, 0.15) is 0 Å². The molecule has 0 aromatic heterocycles. The number of piperidine rings is 1. The van der Waals surface area contributed by atoms with Crippen molar-refractivity contribution in [3.8, 4) is 0 Å². The largest absolute Gasteiger partial charge is 0.309 e. The first-order valence-corrected chi connectivity index (χ1v) is 7.87. The summed E-state index contributed by atoms with van der Waals surface area (Å²) in [6, 6.07) is 0.870. The Labute approximate surface area is 113 Å². The molecule has 0 spiro atoms. The number of hydrogen-bond donors (Lipinski definition) is 0. The van der Waals surface area contributed by atoms with Crippen LogP contribution in [0.2, 0.25) is 0 Å². The van der Waals surface area contributed by atoms with E-state index in [1.165, 1.54) is 77.8 Å². The smallest absolute Gasteiger partial charge is 0.0223 e. The molecular weight excluding hydrogens is 222 g/mol. The SMILES string of the molecule is CN(C)CCCCN1CCCN2CCCCC2C1. The van der Waals surface area contributed by atoms with Gasteiger partial charge >= 0.3 is 0 Å². The van der Waals surface area contributed by atoms with Crippen molar-refractivity contribution in [2.24, 2.45) is 0 Å². The predicted octanol–water partition coefficient (Wildman–Crippen LogP) is 1.89. The molecule has 3 nitrogen and oxygen atoms in total. The van der Waals surface area contributed by atoms with Crippen molar-refractivity contribution in [2.75, 3.05) is 53.4 Å². The van der Waals surface area contributed by atoms with Crippen LogP contribution in [0, 0.1) is 0 Å². The van der Waals surface area contributed by atoms with Gasteiger partial charge < -0.3 is 9.80 Å². The zero-order valence-corrected chi connectivity index (χ0v) is 12.4. The second-order valence-corrected chi connectivity index (χ2v) is 6.35. The van der Waals surface area contributed by atoms with E-state index in [-0.39, 0.29) is 0 Å². The molecule has 2 aliphatic heterocycles. The number of fused-ring (bicyclic) bond motifs is 1. The molecule has 3 heteroatoms. The average Bonchev–Trinajstić information content (AvgIpc) is 2.56. The van der Waals surface area contributed by atoms with Crippen molar-refractivity contribution in [3.63, 3.8) is 0 Å². The van der Waals surface area contributed by atoms with Gasteiger partial charge in [0, 0.05) is 12.6 Å². The summed E-state index contributed by atoms with van der Waals surface area (Å²) in [4.78, 5) is 7.78. The Hall–Kier alpha value is -0.120. The van der Waals surface area contributed by atoms with E-state index in [9.17, 15) is 0 Å². The second-order valence-electron chi connectivity index (χ2n) is 6.35. The number of nitrogens with zero attached hydrogens (tertiary/aromatic N) is 3. The summed E-state index contributed by atoms with van der Waals surface area (Å²) >= 11 is 0. The minimum absolute atomic E-state index is 0.870. The maximum absolute atomic E-state index is 2.75. The molecule has 0 aromatic rings. The molecule has 106 valence electrons. The Morgan fingerprint density at radius 3 is 2.67 bits per heavy atom. The minimum Gasteiger partial charge on any atom is -0.309 e. The number of unbranched alkanes of at least 4 members (excludes halogenated alkanes) is 1. The normalized spacial score (nSPS) is 27.2. The maximum Gasteiger partial charge on any atom is 0.0223 e. The number of rotatable bonds is 5. The van der Waals surface area contributed by atoms with Gasteiger partial charge in [0.05, 0.1) is 0 Å². The third-order valence-electron chi connectivity index (χ3n) is 4.47. The van der Waals surface area contributed by atoms with E-state index in [0.717, 1.165) is 6.04 Å². The maximum atomic E-state index is 2.75. The van der Waals surface area contributed by atoms with Crippen molar-refractivity contribution in [1.29, 1.82) is 0 Å². The van der Waals surface area contributed by atoms with Crippen LogP contribution >= 0.6 is 0 Å². The van der Waals surface area contributed by atoms with E-state index >= 15 is 0 Å². The van der Waals surface area contributed by atoms with E-state index in [1.807, 2.05) is 0 Å². The van der Waals surface area contributed by atoms with Crippen molar-refractivity contribution < 1.29 is 0 Å². The molecule has 2 rings (SSSR count). The first-order chi connectivity index (χ1) is 8.75. The fourth-order valence-corrected chi connectivity index (χ4v) is 3.41. The highest BCUT2D eigenvalue weighted by Crippen LogP contribution is 2.21. The van der Waals surface area contributed by atoms with Crippen molar-refractivity contribution in [3.05, 3.63) is 0 Å². The molecule has 0 aliphatic carbocycles. The van der Waals surface area contributed by atoms with E-state index in [1.54, 1.807) is 0 Å². The van der Waals surface area contributed by atoms with Gasteiger partial charge in [-0.25, -0.2) is 0 Å². The number of hydrogen-bond acceptors (Lipinski definition) is 3. The van der Waals surface area contributed by atoms with Gasteiger partial charge in [-0.05, 0) is 78.9 Å². The van der Waals surface area contributed by atoms with E-state index in [0.29, 0.717) is 0 Å². The lowest BCUT2D eigenvalue weighted by atomic mass is 10.0. The molecule has 1 atom stereocenters. The van der Waals surface area contributed by atoms with Crippen LogP contribution in [0.15, 0.2) is 0 Å². The highest BCUT2D eigenvalue weighted by atomic mass is 15.2. The van der Waals surface area contributed by atoms with Gasteiger partial charge in [0.15, 0.2) is 0 Å². The second kappa shape index (κ2) is 7.46. The molecular formula is C15H31N3. The molecule has 0 radical (unpaired) electrons. The molecule has 0 amide bonds. The van der Waals surface area contributed by atoms with Gasteiger partial charge in [-0.15, -0.1) is 0 Å². The van der Waals surface area contributed by atoms with E-state index in [2.05, 4.69) is 28.8 Å². The Bertz CT molecular complexity index is 230. The monoisotopic (exact) mass is 253 g/mol. The third-order valence-corrected chi connectivity index (χ3v) is 4.47. The predicted molar refractivity (Wildman–Crippen MR) is 78.1 cm³/mol. The van der Waals surface area contributed by atoms with Crippen LogP contribution < -0.4 is 0 Å². The molecule has 2 fully saturated rings. The van der Waals surface area contributed by atoms with Gasteiger partial charge in [-0.2, -0.15) is 0 Å². The summed E-state index contributed by atoms with van der Waals surface area (Å²) in [5, 5.41) is 0. The van der Waals surface area contributed by atoms with E-state index < -0.39 is 0 Å². The van der Waals surface area contributed by atoms with Crippen LogP contribution in [0.1, 0.15) is 38.5 Å².